The minimum absolute atomic E-state index is 0.724. The zero-order valence-corrected chi connectivity index (χ0v) is 15.7. The predicted molar refractivity (Wildman–Crippen MR) is 105 cm³/mol. The predicted octanol–water partition coefficient (Wildman–Crippen LogP) is 4.02. The van der Waals surface area contributed by atoms with E-state index in [9.17, 15) is 0 Å². The molecule has 0 spiro atoms. The van der Waals surface area contributed by atoms with Crippen molar-refractivity contribution in [2.45, 2.75) is 19.8 Å². The van der Waals surface area contributed by atoms with Crippen LogP contribution in [0, 0.1) is 0 Å². The number of nitrogens with zero attached hydrogens (tertiary/aromatic N) is 5. The van der Waals surface area contributed by atoms with Gasteiger partial charge < -0.3 is 9.80 Å². The molecule has 4 rings (SSSR count). The van der Waals surface area contributed by atoms with Gasteiger partial charge in [-0.3, -0.25) is 4.98 Å². The number of halogens is 1. The molecule has 0 saturated carbocycles. The van der Waals surface area contributed by atoms with E-state index >= 15 is 0 Å². The van der Waals surface area contributed by atoms with E-state index in [-0.39, 0.29) is 0 Å². The van der Waals surface area contributed by atoms with Gasteiger partial charge >= 0.3 is 0 Å². The Morgan fingerprint density at radius 3 is 2.80 bits per heavy atom. The molecule has 1 aliphatic heterocycles. The average molecular weight is 374 g/mol. The Balaban J connectivity index is 1.57. The highest BCUT2D eigenvalue weighted by molar-refractivity contribution is 7.09. The molecule has 3 heterocycles. The van der Waals surface area contributed by atoms with Crippen molar-refractivity contribution in [2.24, 2.45) is 0 Å². The molecule has 25 heavy (non-hydrogen) atoms. The fraction of sp³-hybridized carbons (Fsp3) is 0.389. The van der Waals surface area contributed by atoms with Gasteiger partial charge in [0.15, 0.2) is 0 Å². The Hall–Kier alpha value is -1.92. The standard InChI is InChI=1S/C18H20ClN5S/c1-2-17-21-18(25-22-17)24-9-3-8-23(10-11-24)16-6-7-20-15-12-13(19)4-5-14(15)16/h4-7,12H,2-3,8-11H2,1H3. The van der Waals surface area contributed by atoms with Crippen molar-refractivity contribution < 1.29 is 0 Å². The Morgan fingerprint density at radius 2 is 1.96 bits per heavy atom. The molecule has 0 N–H and O–H groups in total. The first-order chi connectivity index (χ1) is 12.2. The lowest BCUT2D eigenvalue weighted by molar-refractivity contribution is 0.802. The molecule has 5 nitrogen and oxygen atoms in total. The SMILES string of the molecule is CCc1nsc(N2CCCN(c3ccnc4cc(Cl)ccc34)CC2)n1. The molecule has 0 amide bonds. The van der Waals surface area contributed by atoms with Gasteiger partial charge in [-0.1, -0.05) is 18.5 Å². The third kappa shape index (κ3) is 3.41. The largest absolute Gasteiger partial charge is 0.369 e. The quantitative estimate of drug-likeness (QED) is 0.693. The highest BCUT2D eigenvalue weighted by atomic mass is 35.5. The van der Waals surface area contributed by atoms with Crippen LogP contribution in [-0.4, -0.2) is 40.5 Å². The zero-order chi connectivity index (χ0) is 17.2. The monoisotopic (exact) mass is 373 g/mol. The van der Waals surface area contributed by atoms with E-state index < -0.39 is 0 Å². The summed E-state index contributed by atoms with van der Waals surface area (Å²) in [6.07, 6.45) is 3.86. The summed E-state index contributed by atoms with van der Waals surface area (Å²) < 4.78 is 4.42. The maximum Gasteiger partial charge on any atom is 0.205 e. The van der Waals surface area contributed by atoms with Gasteiger partial charge in [0.2, 0.25) is 5.13 Å². The van der Waals surface area contributed by atoms with Gasteiger partial charge in [0.25, 0.3) is 0 Å². The van der Waals surface area contributed by atoms with Crippen LogP contribution in [0.4, 0.5) is 10.8 Å². The molecular weight excluding hydrogens is 354 g/mol. The van der Waals surface area contributed by atoms with Crippen LogP contribution in [0.2, 0.25) is 5.02 Å². The summed E-state index contributed by atoms with van der Waals surface area (Å²) >= 11 is 7.62. The van der Waals surface area contributed by atoms with Gasteiger partial charge in [-0.05, 0) is 30.7 Å². The van der Waals surface area contributed by atoms with Gasteiger partial charge in [0.1, 0.15) is 5.82 Å². The highest BCUT2D eigenvalue weighted by Crippen LogP contribution is 2.29. The number of anilines is 2. The molecule has 2 aromatic heterocycles. The minimum Gasteiger partial charge on any atom is -0.369 e. The molecule has 0 unspecified atom stereocenters. The van der Waals surface area contributed by atoms with Gasteiger partial charge in [0, 0.05) is 66.4 Å². The van der Waals surface area contributed by atoms with E-state index in [1.165, 1.54) is 17.2 Å². The molecule has 7 heteroatoms. The number of aryl methyl sites for hydroxylation is 1. The first-order valence-electron chi connectivity index (χ1n) is 8.61. The van der Waals surface area contributed by atoms with Crippen LogP contribution < -0.4 is 9.80 Å². The smallest absolute Gasteiger partial charge is 0.205 e. The van der Waals surface area contributed by atoms with Crippen LogP contribution >= 0.6 is 23.1 Å². The molecule has 0 atom stereocenters. The van der Waals surface area contributed by atoms with Crippen molar-refractivity contribution in [2.75, 3.05) is 36.0 Å². The molecular formula is C18H20ClN5S. The van der Waals surface area contributed by atoms with Crippen molar-refractivity contribution in [3.8, 4) is 0 Å². The molecule has 0 aliphatic carbocycles. The third-order valence-corrected chi connectivity index (χ3v) is 5.61. The fourth-order valence-electron chi connectivity index (χ4n) is 3.25. The van der Waals surface area contributed by atoms with E-state index in [0.717, 1.165) is 65.9 Å². The molecule has 130 valence electrons. The summed E-state index contributed by atoms with van der Waals surface area (Å²) in [6, 6.07) is 8.04. The maximum absolute atomic E-state index is 6.11. The van der Waals surface area contributed by atoms with Crippen LogP contribution in [0.25, 0.3) is 10.9 Å². The van der Waals surface area contributed by atoms with Gasteiger partial charge in [-0.15, -0.1) is 0 Å². The number of aromatic nitrogens is 3. The summed E-state index contributed by atoms with van der Waals surface area (Å²) in [5.41, 5.74) is 2.18. The minimum atomic E-state index is 0.724. The molecule has 3 aromatic rings. The third-order valence-electron chi connectivity index (χ3n) is 4.56. The van der Waals surface area contributed by atoms with Gasteiger partial charge in [0.05, 0.1) is 5.52 Å². The Bertz CT molecular complexity index is 881. The first-order valence-corrected chi connectivity index (χ1v) is 9.76. The molecule has 1 aromatic carbocycles. The summed E-state index contributed by atoms with van der Waals surface area (Å²) in [5.74, 6) is 0.943. The van der Waals surface area contributed by atoms with Crippen molar-refractivity contribution in [3.05, 3.63) is 41.3 Å². The Morgan fingerprint density at radius 1 is 1.12 bits per heavy atom. The van der Waals surface area contributed by atoms with Crippen molar-refractivity contribution >= 4 is 44.9 Å². The van der Waals surface area contributed by atoms with Crippen LogP contribution in [0.1, 0.15) is 19.2 Å². The number of hydrogen-bond donors (Lipinski definition) is 0. The molecule has 0 bridgehead atoms. The highest BCUT2D eigenvalue weighted by Gasteiger charge is 2.19. The fourth-order valence-corrected chi connectivity index (χ4v) is 4.22. The van der Waals surface area contributed by atoms with E-state index in [2.05, 4.69) is 43.2 Å². The zero-order valence-electron chi connectivity index (χ0n) is 14.2. The summed E-state index contributed by atoms with van der Waals surface area (Å²) in [6.45, 7) is 6.05. The van der Waals surface area contributed by atoms with Crippen LogP contribution in [-0.2, 0) is 6.42 Å². The first kappa shape index (κ1) is 16.5. The maximum atomic E-state index is 6.11. The van der Waals surface area contributed by atoms with Crippen LogP contribution in [0.15, 0.2) is 30.5 Å². The molecule has 1 saturated heterocycles. The van der Waals surface area contributed by atoms with E-state index in [0.29, 0.717) is 0 Å². The van der Waals surface area contributed by atoms with Gasteiger partial charge in [-0.2, -0.15) is 4.37 Å². The van der Waals surface area contributed by atoms with Crippen LogP contribution in [0.5, 0.6) is 0 Å². The number of pyridine rings is 1. The molecule has 1 fully saturated rings. The van der Waals surface area contributed by atoms with E-state index in [1.807, 2.05) is 18.3 Å². The Labute approximate surface area is 156 Å². The van der Waals surface area contributed by atoms with Crippen LogP contribution in [0.3, 0.4) is 0 Å². The van der Waals surface area contributed by atoms with E-state index in [1.54, 1.807) is 0 Å². The normalized spacial score (nSPS) is 15.6. The Kier molecular flexibility index (Phi) is 4.72. The lowest BCUT2D eigenvalue weighted by Gasteiger charge is -2.24. The van der Waals surface area contributed by atoms with Crippen molar-refractivity contribution in [1.29, 1.82) is 0 Å². The molecule has 1 aliphatic rings. The average Bonchev–Trinajstić information content (AvgIpc) is 2.98. The summed E-state index contributed by atoms with van der Waals surface area (Å²) in [7, 11) is 0. The second kappa shape index (κ2) is 7.14. The number of fused-ring (bicyclic) bond motifs is 1. The second-order valence-electron chi connectivity index (χ2n) is 6.17. The number of hydrogen-bond acceptors (Lipinski definition) is 6. The topological polar surface area (TPSA) is 45.2 Å². The lowest BCUT2D eigenvalue weighted by Crippen LogP contribution is -2.30. The van der Waals surface area contributed by atoms with Crippen molar-refractivity contribution in [1.82, 2.24) is 14.3 Å². The second-order valence-corrected chi connectivity index (χ2v) is 7.33. The van der Waals surface area contributed by atoms with E-state index in [4.69, 9.17) is 11.6 Å². The summed E-state index contributed by atoms with van der Waals surface area (Å²) in [4.78, 5) is 13.9. The lowest BCUT2D eigenvalue weighted by atomic mass is 10.1. The summed E-state index contributed by atoms with van der Waals surface area (Å²) in [5, 5.41) is 2.93. The molecule has 0 radical (unpaired) electrons. The van der Waals surface area contributed by atoms with Gasteiger partial charge in [-0.25, -0.2) is 4.98 Å². The number of rotatable bonds is 3. The van der Waals surface area contributed by atoms with Crippen molar-refractivity contribution in [3.63, 3.8) is 0 Å². The number of benzene rings is 1.